The summed E-state index contributed by atoms with van der Waals surface area (Å²) < 4.78 is 52.9. The number of benzene rings is 2. The molecule has 0 aliphatic rings. The number of nitrogens with one attached hydrogen (secondary N) is 2. The van der Waals surface area contributed by atoms with Crippen LogP contribution in [-0.4, -0.2) is 13.4 Å². The van der Waals surface area contributed by atoms with E-state index in [4.69, 9.17) is 0 Å². The third kappa shape index (κ3) is 2.86. The number of rotatable bonds is 4. The number of hydrogen-bond donors (Lipinski definition) is 2. The van der Waals surface area contributed by atoms with Gasteiger partial charge in [0.1, 0.15) is 11.6 Å². The van der Waals surface area contributed by atoms with E-state index >= 15 is 0 Å². The van der Waals surface area contributed by atoms with Crippen LogP contribution in [-0.2, 0) is 16.6 Å². The summed E-state index contributed by atoms with van der Waals surface area (Å²) in [5.41, 5.74) is 1.63. The molecule has 0 aliphatic heterocycles. The largest absolute Gasteiger partial charge is 0.361 e. The zero-order valence-electron chi connectivity index (χ0n) is 11.3. The molecule has 7 heteroatoms. The highest BCUT2D eigenvalue weighted by Crippen LogP contribution is 2.19. The van der Waals surface area contributed by atoms with Crippen LogP contribution in [0, 0.1) is 11.6 Å². The Hall–Kier alpha value is -2.25. The first-order chi connectivity index (χ1) is 10.5. The summed E-state index contributed by atoms with van der Waals surface area (Å²) in [5, 5.41) is 0.885. The Kier molecular flexibility index (Phi) is 3.67. The smallest absolute Gasteiger partial charge is 0.241 e. The number of aromatic nitrogens is 1. The van der Waals surface area contributed by atoms with Crippen molar-refractivity contribution in [1.82, 2.24) is 9.71 Å². The maximum absolute atomic E-state index is 13.1. The molecule has 2 aromatic carbocycles. The van der Waals surface area contributed by atoms with Gasteiger partial charge in [-0.2, -0.15) is 0 Å². The van der Waals surface area contributed by atoms with Crippen LogP contribution in [0.3, 0.4) is 0 Å². The molecular weight excluding hydrogens is 310 g/mol. The first-order valence-corrected chi connectivity index (χ1v) is 7.95. The summed E-state index contributed by atoms with van der Waals surface area (Å²) in [7, 11) is -3.99. The van der Waals surface area contributed by atoms with E-state index in [9.17, 15) is 17.2 Å². The van der Waals surface area contributed by atoms with E-state index in [0.29, 0.717) is 6.07 Å². The molecule has 0 atom stereocenters. The molecule has 0 amide bonds. The second-order valence-corrected chi connectivity index (χ2v) is 6.56. The van der Waals surface area contributed by atoms with Crippen LogP contribution in [0.25, 0.3) is 10.9 Å². The van der Waals surface area contributed by atoms with E-state index in [-0.39, 0.29) is 6.54 Å². The molecule has 0 saturated carbocycles. The number of sulfonamides is 1. The summed E-state index contributed by atoms with van der Waals surface area (Å²) in [5.74, 6) is -1.88. The predicted octanol–water partition coefficient (Wildman–Crippen LogP) is 2.92. The monoisotopic (exact) mass is 322 g/mol. The van der Waals surface area contributed by atoms with E-state index in [0.717, 1.165) is 28.6 Å². The van der Waals surface area contributed by atoms with Crippen molar-refractivity contribution in [2.45, 2.75) is 11.4 Å². The quantitative estimate of drug-likeness (QED) is 0.776. The van der Waals surface area contributed by atoms with Crippen LogP contribution in [0.4, 0.5) is 8.78 Å². The number of hydrogen-bond acceptors (Lipinski definition) is 2. The van der Waals surface area contributed by atoms with Gasteiger partial charge in [-0.05, 0) is 23.8 Å². The van der Waals surface area contributed by atoms with Gasteiger partial charge in [0.15, 0.2) is 0 Å². The Bertz CT molecular complexity index is 915. The van der Waals surface area contributed by atoms with E-state index < -0.39 is 26.6 Å². The minimum absolute atomic E-state index is 0.0183. The van der Waals surface area contributed by atoms with Crippen LogP contribution >= 0.6 is 0 Å². The average Bonchev–Trinajstić information content (AvgIpc) is 2.87. The molecule has 0 radical (unpaired) electrons. The van der Waals surface area contributed by atoms with E-state index in [1.54, 1.807) is 6.20 Å². The Labute approximate surface area is 125 Å². The van der Waals surface area contributed by atoms with Gasteiger partial charge in [-0.1, -0.05) is 18.2 Å². The Morgan fingerprint density at radius 1 is 1.05 bits per heavy atom. The van der Waals surface area contributed by atoms with Crippen molar-refractivity contribution in [3.63, 3.8) is 0 Å². The summed E-state index contributed by atoms with van der Waals surface area (Å²) in [4.78, 5) is 2.59. The van der Waals surface area contributed by atoms with Crippen LogP contribution in [0.15, 0.2) is 53.6 Å². The number of halogens is 2. The summed E-state index contributed by atoms with van der Waals surface area (Å²) in [6.45, 7) is 0.0183. The molecule has 0 aliphatic carbocycles. The molecule has 0 spiro atoms. The van der Waals surface area contributed by atoms with Gasteiger partial charge < -0.3 is 4.98 Å². The number of aromatic amines is 1. The molecule has 114 valence electrons. The molecule has 22 heavy (non-hydrogen) atoms. The lowest BCUT2D eigenvalue weighted by Crippen LogP contribution is -2.23. The lowest BCUT2D eigenvalue weighted by atomic mass is 10.2. The highest BCUT2D eigenvalue weighted by molar-refractivity contribution is 7.89. The Balaban J connectivity index is 1.86. The molecule has 1 aromatic heterocycles. The van der Waals surface area contributed by atoms with E-state index in [2.05, 4.69) is 9.71 Å². The zero-order chi connectivity index (χ0) is 15.7. The van der Waals surface area contributed by atoms with Gasteiger partial charge in [0.2, 0.25) is 10.0 Å². The first-order valence-electron chi connectivity index (χ1n) is 6.46. The van der Waals surface area contributed by atoms with Gasteiger partial charge >= 0.3 is 0 Å². The third-order valence-corrected chi connectivity index (χ3v) is 4.65. The SMILES string of the molecule is O=S(=O)(NCc1c[nH]c2ccccc12)c1cc(F)cc(F)c1. The minimum atomic E-state index is -3.99. The minimum Gasteiger partial charge on any atom is -0.361 e. The fourth-order valence-corrected chi connectivity index (χ4v) is 3.27. The van der Waals surface area contributed by atoms with Crippen molar-refractivity contribution >= 4 is 20.9 Å². The fourth-order valence-electron chi connectivity index (χ4n) is 2.22. The van der Waals surface area contributed by atoms with Gasteiger partial charge in [-0.25, -0.2) is 21.9 Å². The van der Waals surface area contributed by atoms with Gasteiger partial charge in [-0.3, -0.25) is 0 Å². The maximum atomic E-state index is 13.1. The second kappa shape index (κ2) is 5.51. The molecule has 0 fully saturated rings. The lowest BCUT2D eigenvalue weighted by Gasteiger charge is -2.06. The van der Waals surface area contributed by atoms with Crippen molar-refractivity contribution in [3.8, 4) is 0 Å². The van der Waals surface area contributed by atoms with Crippen molar-refractivity contribution in [1.29, 1.82) is 0 Å². The van der Waals surface area contributed by atoms with Crippen LogP contribution in [0.1, 0.15) is 5.56 Å². The highest BCUT2D eigenvalue weighted by Gasteiger charge is 2.17. The van der Waals surface area contributed by atoms with Crippen LogP contribution < -0.4 is 4.72 Å². The van der Waals surface area contributed by atoms with Crippen molar-refractivity contribution in [2.75, 3.05) is 0 Å². The Morgan fingerprint density at radius 3 is 2.45 bits per heavy atom. The number of H-pyrrole nitrogens is 1. The van der Waals surface area contributed by atoms with Gasteiger partial charge in [0.05, 0.1) is 4.90 Å². The van der Waals surface area contributed by atoms with Crippen molar-refractivity contribution in [2.24, 2.45) is 0 Å². The lowest BCUT2D eigenvalue weighted by molar-refractivity contribution is 0.561. The third-order valence-electron chi connectivity index (χ3n) is 3.27. The topological polar surface area (TPSA) is 62.0 Å². The molecule has 1 heterocycles. The second-order valence-electron chi connectivity index (χ2n) is 4.79. The van der Waals surface area contributed by atoms with Crippen LogP contribution in [0.5, 0.6) is 0 Å². The molecule has 0 saturated heterocycles. The molecule has 4 nitrogen and oxygen atoms in total. The van der Waals surface area contributed by atoms with E-state index in [1.807, 2.05) is 24.3 Å². The summed E-state index contributed by atoms with van der Waals surface area (Å²) >= 11 is 0. The van der Waals surface area contributed by atoms with Gasteiger partial charge in [-0.15, -0.1) is 0 Å². The molecular formula is C15H12F2N2O2S. The average molecular weight is 322 g/mol. The van der Waals surface area contributed by atoms with Crippen molar-refractivity contribution < 1.29 is 17.2 Å². The van der Waals surface area contributed by atoms with E-state index in [1.165, 1.54) is 0 Å². The van der Waals surface area contributed by atoms with Crippen LogP contribution in [0.2, 0.25) is 0 Å². The normalized spacial score (nSPS) is 11.9. The molecule has 3 rings (SSSR count). The maximum Gasteiger partial charge on any atom is 0.241 e. The highest BCUT2D eigenvalue weighted by atomic mass is 32.2. The summed E-state index contributed by atoms with van der Waals surface area (Å²) in [6, 6.07) is 9.62. The zero-order valence-corrected chi connectivity index (χ0v) is 12.1. The molecule has 3 aromatic rings. The summed E-state index contributed by atoms with van der Waals surface area (Å²) in [6.07, 6.45) is 1.69. The molecule has 0 unspecified atom stereocenters. The first kappa shape index (κ1) is 14.7. The number of fused-ring (bicyclic) bond motifs is 1. The molecule has 0 bridgehead atoms. The van der Waals surface area contributed by atoms with Crippen molar-refractivity contribution in [3.05, 3.63) is 65.9 Å². The molecule has 2 N–H and O–H groups in total. The van der Waals surface area contributed by atoms with Gasteiger partial charge in [0, 0.05) is 29.7 Å². The Morgan fingerprint density at radius 2 is 1.73 bits per heavy atom. The van der Waals surface area contributed by atoms with Gasteiger partial charge in [0.25, 0.3) is 0 Å². The fraction of sp³-hybridized carbons (Fsp3) is 0.0667. The predicted molar refractivity (Wildman–Crippen MR) is 78.7 cm³/mol. The number of para-hydroxylation sites is 1. The standard InChI is InChI=1S/C15H12F2N2O2S/c16-11-5-12(17)7-13(6-11)22(20,21)19-9-10-8-18-15-4-2-1-3-14(10)15/h1-8,18-19H,9H2.